The molecule has 6 nitrogen and oxygen atoms in total. The predicted molar refractivity (Wildman–Crippen MR) is 275 cm³/mol. The predicted octanol–water partition coefficient (Wildman–Crippen LogP) is 18.9. The molecule has 0 aliphatic carbocycles. The first-order valence-corrected chi connectivity index (χ1v) is 28.7. The zero-order valence-corrected chi connectivity index (χ0v) is 43.9. The highest BCUT2D eigenvalue weighted by Gasteiger charge is 2.19. The van der Waals surface area contributed by atoms with Crippen LogP contribution in [0.3, 0.4) is 0 Å². The molecular weight excluding hydrogens is 793 g/mol. The lowest BCUT2D eigenvalue weighted by atomic mass is 10.0. The van der Waals surface area contributed by atoms with Crippen LogP contribution in [0.5, 0.6) is 0 Å². The zero-order valence-electron chi connectivity index (χ0n) is 43.9. The number of ether oxygens (including phenoxy) is 3. The summed E-state index contributed by atoms with van der Waals surface area (Å²) in [6.45, 7) is 11.4. The molecule has 0 aliphatic heterocycles. The first kappa shape index (κ1) is 62.4. The number of rotatable bonds is 52. The van der Waals surface area contributed by atoms with Crippen LogP contribution < -0.4 is 0 Å². The van der Waals surface area contributed by atoms with Crippen molar-refractivity contribution in [2.24, 2.45) is 11.8 Å². The van der Waals surface area contributed by atoms with Crippen molar-refractivity contribution in [3.8, 4) is 0 Å². The van der Waals surface area contributed by atoms with Crippen LogP contribution in [-0.4, -0.2) is 37.2 Å². The van der Waals surface area contributed by atoms with Crippen LogP contribution in [0.1, 0.15) is 324 Å². The highest BCUT2D eigenvalue weighted by Crippen LogP contribution is 2.18. The SMILES string of the molecule is CCCCCCCCCCCCCCCCCCCCCC(=O)O[C@@H](COC(=O)CCCCCCCCCCCCCC(C)C)COC(=O)CCCCCCCCCCCCC(C)C. The lowest BCUT2D eigenvalue weighted by Gasteiger charge is -2.18. The Bertz CT molecular complexity index is 978. The molecule has 0 saturated heterocycles. The van der Waals surface area contributed by atoms with E-state index in [1.54, 1.807) is 0 Å². The fourth-order valence-corrected chi connectivity index (χ4v) is 8.87. The quantitative estimate of drug-likeness (QED) is 0.0344. The topological polar surface area (TPSA) is 78.9 Å². The Morgan fingerprint density at radius 3 is 0.766 bits per heavy atom. The third-order valence-corrected chi connectivity index (χ3v) is 13.2. The van der Waals surface area contributed by atoms with Gasteiger partial charge in [-0.3, -0.25) is 14.4 Å². The van der Waals surface area contributed by atoms with Gasteiger partial charge in [0.2, 0.25) is 0 Å². The molecule has 6 heteroatoms. The smallest absolute Gasteiger partial charge is 0.306 e. The zero-order chi connectivity index (χ0) is 46.8. The fourth-order valence-electron chi connectivity index (χ4n) is 8.87. The Kier molecular flexibility index (Phi) is 49.6. The second-order valence-electron chi connectivity index (χ2n) is 20.9. The third-order valence-electron chi connectivity index (χ3n) is 13.2. The number of unbranched alkanes of at least 4 members (excludes halogenated alkanes) is 37. The summed E-state index contributed by atoms with van der Waals surface area (Å²) >= 11 is 0. The van der Waals surface area contributed by atoms with Crippen molar-refractivity contribution in [2.75, 3.05) is 13.2 Å². The average Bonchev–Trinajstić information content (AvgIpc) is 3.27. The van der Waals surface area contributed by atoms with Crippen LogP contribution in [0.4, 0.5) is 0 Å². The average molecular weight is 906 g/mol. The molecule has 0 aliphatic rings. The van der Waals surface area contributed by atoms with E-state index in [0.29, 0.717) is 19.3 Å². The normalized spacial score (nSPS) is 12.0. The lowest BCUT2D eigenvalue weighted by Crippen LogP contribution is -2.30. The molecule has 64 heavy (non-hydrogen) atoms. The van der Waals surface area contributed by atoms with Gasteiger partial charge in [0.15, 0.2) is 6.10 Å². The highest BCUT2D eigenvalue weighted by atomic mass is 16.6. The Morgan fingerprint density at radius 1 is 0.297 bits per heavy atom. The van der Waals surface area contributed by atoms with Gasteiger partial charge < -0.3 is 14.2 Å². The van der Waals surface area contributed by atoms with Gasteiger partial charge >= 0.3 is 17.9 Å². The van der Waals surface area contributed by atoms with E-state index in [-0.39, 0.29) is 31.1 Å². The lowest BCUT2D eigenvalue weighted by molar-refractivity contribution is -0.167. The first-order chi connectivity index (χ1) is 31.2. The van der Waals surface area contributed by atoms with Gasteiger partial charge in [-0.2, -0.15) is 0 Å². The van der Waals surface area contributed by atoms with Gasteiger partial charge in [0, 0.05) is 19.3 Å². The van der Waals surface area contributed by atoms with E-state index in [4.69, 9.17) is 14.2 Å². The molecule has 380 valence electrons. The van der Waals surface area contributed by atoms with E-state index in [1.165, 1.54) is 212 Å². The molecule has 0 aromatic rings. The van der Waals surface area contributed by atoms with E-state index in [1.807, 2.05) is 0 Å². The molecule has 0 aromatic carbocycles. The van der Waals surface area contributed by atoms with Crippen LogP contribution in [-0.2, 0) is 28.6 Å². The molecular formula is C58H112O6. The van der Waals surface area contributed by atoms with Crippen molar-refractivity contribution in [1.82, 2.24) is 0 Å². The van der Waals surface area contributed by atoms with Crippen molar-refractivity contribution in [2.45, 2.75) is 330 Å². The van der Waals surface area contributed by atoms with E-state index in [2.05, 4.69) is 34.6 Å². The van der Waals surface area contributed by atoms with Crippen LogP contribution in [0, 0.1) is 11.8 Å². The summed E-state index contributed by atoms with van der Waals surface area (Å²) in [5.74, 6) is 0.804. The maximum absolute atomic E-state index is 12.9. The van der Waals surface area contributed by atoms with Gasteiger partial charge in [-0.1, -0.05) is 285 Å². The molecule has 0 rings (SSSR count). The van der Waals surface area contributed by atoms with Gasteiger partial charge in [0.25, 0.3) is 0 Å². The fraction of sp³-hybridized carbons (Fsp3) is 0.948. The number of hydrogen-bond acceptors (Lipinski definition) is 6. The summed E-state index contributed by atoms with van der Waals surface area (Å²) in [6, 6.07) is 0. The largest absolute Gasteiger partial charge is 0.462 e. The van der Waals surface area contributed by atoms with Crippen LogP contribution in [0.25, 0.3) is 0 Å². The molecule has 0 N–H and O–H groups in total. The standard InChI is InChI=1S/C58H112O6/c1-6-7-8-9-10-11-12-13-14-15-16-17-18-19-22-30-35-40-45-50-58(61)64-55(52-63-57(60)49-44-39-34-29-25-24-27-32-37-42-47-54(4)5)51-62-56(59)48-43-38-33-28-23-20-21-26-31-36-41-46-53(2)3/h53-55H,6-52H2,1-5H3/t55-/m0/s1. The van der Waals surface area contributed by atoms with Crippen LogP contribution in [0.15, 0.2) is 0 Å². The van der Waals surface area contributed by atoms with E-state index in [9.17, 15) is 14.4 Å². The molecule has 0 saturated carbocycles. The first-order valence-electron chi connectivity index (χ1n) is 28.7. The summed E-state index contributed by atoms with van der Waals surface area (Å²) in [6.07, 6.45) is 53.8. The maximum atomic E-state index is 12.9. The minimum Gasteiger partial charge on any atom is -0.462 e. The molecule has 1 atom stereocenters. The summed E-state index contributed by atoms with van der Waals surface area (Å²) in [7, 11) is 0. The minimum atomic E-state index is -0.763. The minimum absolute atomic E-state index is 0.0633. The Balaban J connectivity index is 4.28. The van der Waals surface area contributed by atoms with Gasteiger partial charge in [-0.25, -0.2) is 0 Å². The van der Waals surface area contributed by atoms with Crippen molar-refractivity contribution in [3.05, 3.63) is 0 Å². The number of carbonyl (C=O) groups is 3. The van der Waals surface area contributed by atoms with Crippen molar-refractivity contribution >= 4 is 17.9 Å². The van der Waals surface area contributed by atoms with Crippen molar-refractivity contribution in [1.29, 1.82) is 0 Å². The molecule has 0 amide bonds. The molecule has 0 fully saturated rings. The highest BCUT2D eigenvalue weighted by molar-refractivity contribution is 5.71. The Labute approximate surface area is 399 Å². The van der Waals surface area contributed by atoms with E-state index < -0.39 is 6.10 Å². The Hall–Kier alpha value is -1.59. The maximum Gasteiger partial charge on any atom is 0.306 e. The summed E-state index contributed by atoms with van der Waals surface area (Å²) in [4.78, 5) is 38.1. The molecule has 0 aromatic heterocycles. The van der Waals surface area contributed by atoms with Gasteiger partial charge in [0.05, 0.1) is 0 Å². The summed E-state index contributed by atoms with van der Waals surface area (Å²) < 4.78 is 16.9. The van der Waals surface area contributed by atoms with Crippen LogP contribution >= 0.6 is 0 Å². The number of hydrogen-bond donors (Lipinski definition) is 0. The summed E-state index contributed by atoms with van der Waals surface area (Å²) in [5.41, 5.74) is 0. The Morgan fingerprint density at radius 2 is 0.516 bits per heavy atom. The third kappa shape index (κ3) is 51.4. The molecule has 0 unspecified atom stereocenters. The molecule has 0 heterocycles. The number of carbonyl (C=O) groups excluding carboxylic acids is 3. The van der Waals surface area contributed by atoms with Crippen molar-refractivity contribution in [3.63, 3.8) is 0 Å². The second kappa shape index (κ2) is 50.8. The number of esters is 3. The second-order valence-corrected chi connectivity index (χ2v) is 20.9. The molecule has 0 bridgehead atoms. The van der Waals surface area contributed by atoms with E-state index in [0.717, 1.165) is 69.6 Å². The van der Waals surface area contributed by atoms with Crippen molar-refractivity contribution < 1.29 is 28.6 Å². The van der Waals surface area contributed by atoms with Gasteiger partial charge in [-0.15, -0.1) is 0 Å². The monoisotopic (exact) mass is 905 g/mol. The molecule has 0 spiro atoms. The van der Waals surface area contributed by atoms with Gasteiger partial charge in [-0.05, 0) is 31.1 Å². The molecule has 0 radical (unpaired) electrons. The van der Waals surface area contributed by atoms with Crippen LogP contribution in [0.2, 0.25) is 0 Å². The van der Waals surface area contributed by atoms with Gasteiger partial charge in [0.1, 0.15) is 13.2 Å². The van der Waals surface area contributed by atoms with E-state index >= 15 is 0 Å². The summed E-state index contributed by atoms with van der Waals surface area (Å²) in [5, 5.41) is 0.